The van der Waals surface area contributed by atoms with Crippen molar-refractivity contribution in [3.63, 3.8) is 0 Å². The van der Waals surface area contributed by atoms with Gasteiger partial charge in [-0.15, -0.1) is 0 Å². The first kappa shape index (κ1) is 12.0. The smallest absolute Gasteiger partial charge is 0.0474 e. The maximum atomic E-state index is 9.26. The normalized spacial score (nSPS) is 30.2. The van der Waals surface area contributed by atoms with Crippen LogP contribution in [0, 0.1) is 5.92 Å². The van der Waals surface area contributed by atoms with Gasteiger partial charge in [-0.1, -0.05) is 26.2 Å². The molecule has 2 heteroatoms. The fourth-order valence-corrected chi connectivity index (χ4v) is 2.53. The predicted octanol–water partition coefficient (Wildman–Crippen LogP) is 2.32. The molecule has 14 heavy (non-hydrogen) atoms. The van der Waals surface area contributed by atoms with E-state index >= 15 is 0 Å². The Morgan fingerprint density at radius 1 is 1.36 bits per heavy atom. The summed E-state index contributed by atoms with van der Waals surface area (Å²) in [6.07, 6.45) is 7.56. The van der Waals surface area contributed by atoms with Crippen LogP contribution >= 0.6 is 0 Å². The lowest BCUT2D eigenvalue weighted by Gasteiger charge is -2.33. The lowest BCUT2D eigenvalue weighted by Crippen LogP contribution is -2.44. The van der Waals surface area contributed by atoms with Gasteiger partial charge in [0.1, 0.15) is 0 Å². The zero-order valence-corrected chi connectivity index (χ0v) is 9.63. The van der Waals surface area contributed by atoms with Crippen LogP contribution in [0.5, 0.6) is 0 Å². The van der Waals surface area contributed by atoms with Crippen LogP contribution in [0.25, 0.3) is 0 Å². The van der Waals surface area contributed by atoms with Gasteiger partial charge in [0.15, 0.2) is 0 Å². The molecular formula is C12H25NO. The zero-order valence-electron chi connectivity index (χ0n) is 9.63. The van der Waals surface area contributed by atoms with Crippen molar-refractivity contribution in [1.82, 2.24) is 5.32 Å². The Balaban J connectivity index is 2.32. The maximum absolute atomic E-state index is 9.26. The summed E-state index contributed by atoms with van der Waals surface area (Å²) in [7, 11) is 0. The summed E-state index contributed by atoms with van der Waals surface area (Å²) in [5.74, 6) is 0.503. The number of hydrogen-bond acceptors (Lipinski definition) is 2. The largest absolute Gasteiger partial charge is 0.396 e. The second kappa shape index (κ2) is 6.41. The molecule has 2 nitrogen and oxygen atoms in total. The van der Waals surface area contributed by atoms with E-state index in [1.54, 1.807) is 0 Å². The summed E-state index contributed by atoms with van der Waals surface area (Å²) in [5.41, 5.74) is 0. The highest BCUT2D eigenvalue weighted by Gasteiger charge is 2.24. The average molecular weight is 199 g/mol. The first-order valence-corrected chi connectivity index (χ1v) is 6.14. The van der Waals surface area contributed by atoms with Crippen LogP contribution in [-0.2, 0) is 0 Å². The van der Waals surface area contributed by atoms with E-state index in [0.717, 1.165) is 0 Å². The van der Waals surface area contributed by atoms with Crippen LogP contribution < -0.4 is 5.32 Å². The van der Waals surface area contributed by atoms with Crippen LogP contribution in [0.15, 0.2) is 0 Å². The van der Waals surface area contributed by atoms with Crippen molar-refractivity contribution >= 4 is 0 Å². The van der Waals surface area contributed by atoms with Crippen LogP contribution in [-0.4, -0.2) is 23.8 Å². The molecule has 3 atom stereocenters. The maximum Gasteiger partial charge on any atom is 0.0474 e. The van der Waals surface area contributed by atoms with Gasteiger partial charge < -0.3 is 10.4 Å². The first-order valence-electron chi connectivity index (χ1n) is 6.14. The van der Waals surface area contributed by atoms with E-state index in [1.165, 1.54) is 38.5 Å². The Hall–Kier alpha value is -0.0800. The van der Waals surface area contributed by atoms with Crippen molar-refractivity contribution in [2.45, 2.75) is 64.5 Å². The molecule has 0 spiro atoms. The minimum Gasteiger partial charge on any atom is -0.396 e. The Bertz CT molecular complexity index is 149. The first-order chi connectivity index (χ1) is 6.77. The molecule has 1 rings (SSSR count). The van der Waals surface area contributed by atoms with Gasteiger partial charge in [-0.3, -0.25) is 0 Å². The molecule has 3 unspecified atom stereocenters. The molecule has 0 aromatic carbocycles. The number of aliphatic hydroxyl groups is 1. The third-order valence-corrected chi connectivity index (χ3v) is 3.36. The van der Waals surface area contributed by atoms with Crippen LogP contribution in [0.4, 0.5) is 0 Å². The minimum atomic E-state index is 0.358. The third kappa shape index (κ3) is 3.58. The quantitative estimate of drug-likeness (QED) is 0.712. The SMILES string of the molecule is CCCC(C)NC1CCCCC1CO. The highest BCUT2D eigenvalue weighted by Crippen LogP contribution is 2.24. The van der Waals surface area contributed by atoms with Gasteiger partial charge >= 0.3 is 0 Å². The molecule has 0 radical (unpaired) electrons. The van der Waals surface area contributed by atoms with E-state index in [4.69, 9.17) is 0 Å². The van der Waals surface area contributed by atoms with Crippen molar-refractivity contribution < 1.29 is 5.11 Å². The number of nitrogens with one attached hydrogen (secondary N) is 1. The van der Waals surface area contributed by atoms with E-state index in [-0.39, 0.29) is 0 Å². The molecule has 0 aromatic heterocycles. The van der Waals surface area contributed by atoms with Gasteiger partial charge in [0, 0.05) is 18.7 Å². The lowest BCUT2D eigenvalue weighted by atomic mass is 9.84. The molecule has 0 heterocycles. The molecule has 84 valence electrons. The second-order valence-electron chi connectivity index (χ2n) is 4.69. The average Bonchev–Trinajstić information content (AvgIpc) is 2.19. The Morgan fingerprint density at radius 3 is 2.71 bits per heavy atom. The molecule has 1 saturated carbocycles. The van der Waals surface area contributed by atoms with Gasteiger partial charge in [-0.05, 0) is 32.1 Å². The number of aliphatic hydroxyl groups excluding tert-OH is 1. The third-order valence-electron chi connectivity index (χ3n) is 3.36. The Morgan fingerprint density at radius 2 is 2.07 bits per heavy atom. The Kier molecular flexibility index (Phi) is 5.49. The highest BCUT2D eigenvalue weighted by molar-refractivity contribution is 4.82. The van der Waals surface area contributed by atoms with E-state index in [9.17, 15) is 5.11 Å². The van der Waals surface area contributed by atoms with E-state index < -0.39 is 0 Å². The molecule has 0 aliphatic heterocycles. The molecule has 0 aromatic rings. The molecule has 0 amide bonds. The van der Waals surface area contributed by atoms with Crippen LogP contribution in [0.3, 0.4) is 0 Å². The van der Waals surface area contributed by atoms with Gasteiger partial charge in [0.2, 0.25) is 0 Å². The molecule has 2 N–H and O–H groups in total. The van der Waals surface area contributed by atoms with E-state index in [1.807, 2.05) is 0 Å². The molecule has 1 fully saturated rings. The van der Waals surface area contributed by atoms with Crippen LogP contribution in [0.2, 0.25) is 0 Å². The van der Waals surface area contributed by atoms with Gasteiger partial charge in [0.25, 0.3) is 0 Å². The highest BCUT2D eigenvalue weighted by atomic mass is 16.3. The topological polar surface area (TPSA) is 32.3 Å². The second-order valence-corrected chi connectivity index (χ2v) is 4.69. The van der Waals surface area contributed by atoms with Crippen LogP contribution in [0.1, 0.15) is 52.4 Å². The number of hydrogen-bond donors (Lipinski definition) is 2. The summed E-state index contributed by atoms with van der Waals surface area (Å²) in [6.45, 7) is 4.84. The monoisotopic (exact) mass is 199 g/mol. The fraction of sp³-hybridized carbons (Fsp3) is 1.00. The molecular weight excluding hydrogens is 174 g/mol. The summed E-state index contributed by atoms with van der Waals surface area (Å²) < 4.78 is 0. The molecule has 0 saturated heterocycles. The molecule has 1 aliphatic rings. The fourth-order valence-electron chi connectivity index (χ4n) is 2.53. The summed E-state index contributed by atoms with van der Waals surface area (Å²) in [6, 6.07) is 1.17. The molecule has 1 aliphatic carbocycles. The van der Waals surface area contributed by atoms with Crippen molar-refractivity contribution in [3.05, 3.63) is 0 Å². The van der Waals surface area contributed by atoms with Crippen molar-refractivity contribution in [3.8, 4) is 0 Å². The predicted molar refractivity (Wildman–Crippen MR) is 60.3 cm³/mol. The summed E-state index contributed by atoms with van der Waals surface area (Å²) in [5, 5.41) is 12.9. The van der Waals surface area contributed by atoms with Crippen molar-refractivity contribution in [2.75, 3.05) is 6.61 Å². The minimum absolute atomic E-state index is 0.358. The summed E-state index contributed by atoms with van der Waals surface area (Å²) in [4.78, 5) is 0. The van der Waals surface area contributed by atoms with E-state index in [0.29, 0.717) is 24.6 Å². The Labute approximate surface area is 88.1 Å². The van der Waals surface area contributed by atoms with Crippen molar-refractivity contribution in [1.29, 1.82) is 0 Å². The van der Waals surface area contributed by atoms with Gasteiger partial charge in [-0.2, -0.15) is 0 Å². The molecule has 0 bridgehead atoms. The lowest BCUT2D eigenvalue weighted by molar-refractivity contribution is 0.146. The summed E-state index contributed by atoms with van der Waals surface area (Å²) >= 11 is 0. The van der Waals surface area contributed by atoms with Gasteiger partial charge in [0.05, 0.1) is 0 Å². The van der Waals surface area contributed by atoms with Gasteiger partial charge in [-0.25, -0.2) is 0 Å². The van der Waals surface area contributed by atoms with E-state index in [2.05, 4.69) is 19.2 Å². The van der Waals surface area contributed by atoms with Crippen molar-refractivity contribution in [2.24, 2.45) is 5.92 Å². The standard InChI is InChI=1S/C12H25NO/c1-3-6-10(2)13-12-8-5-4-7-11(12)9-14/h10-14H,3-9H2,1-2H3. The number of rotatable bonds is 5. The zero-order chi connectivity index (χ0) is 10.4.